The van der Waals surface area contributed by atoms with E-state index >= 15 is 0 Å². The van der Waals surface area contributed by atoms with E-state index in [-0.39, 0.29) is 5.41 Å². The van der Waals surface area contributed by atoms with Gasteiger partial charge in [-0.25, -0.2) is 0 Å². The zero-order valence-electron chi connectivity index (χ0n) is 13.1. The van der Waals surface area contributed by atoms with Gasteiger partial charge in [-0.2, -0.15) is 0 Å². The van der Waals surface area contributed by atoms with Gasteiger partial charge in [0.25, 0.3) is 0 Å². The van der Waals surface area contributed by atoms with E-state index in [1.54, 1.807) is 14.2 Å². The van der Waals surface area contributed by atoms with E-state index in [9.17, 15) is 0 Å². The average Bonchev–Trinajstić information content (AvgIpc) is 2.55. The first-order chi connectivity index (χ1) is 10.5. The van der Waals surface area contributed by atoms with Crippen molar-refractivity contribution in [2.24, 2.45) is 0 Å². The average molecular weight is 637 g/mol. The van der Waals surface area contributed by atoms with Crippen LogP contribution in [0.2, 0.25) is 0 Å². The number of hydrogen-bond donors (Lipinski definition) is 0. The Kier molecular flexibility index (Phi) is 9.37. The van der Waals surface area contributed by atoms with Gasteiger partial charge in [0.05, 0.1) is 14.2 Å². The Hall–Kier alpha value is 0.230. The molecule has 2 aromatic rings. The van der Waals surface area contributed by atoms with Gasteiger partial charge in [-0.1, -0.05) is 38.1 Å². The van der Waals surface area contributed by atoms with E-state index in [4.69, 9.17) is 9.47 Å². The Morgan fingerprint density at radius 2 is 1.00 bits per heavy atom. The Morgan fingerprint density at radius 3 is 1.23 bits per heavy atom. The number of hydrogen-bond acceptors (Lipinski definition) is 2. The summed E-state index contributed by atoms with van der Waals surface area (Å²) in [4.78, 5) is 0. The van der Waals surface area contributed by atoms with Gasteiger partial charge in [0, 0.05) is 5.41 Å². The standard InChI is InChI=1S/C17H20O2.I3/c1-17(2,13-5-9-15(18-3)10-6-13)14-7-11-16(19-4)12-8-14;1-3-2/h5-12H,1-4H3;/q;-1. The normalized spacial score (nSPS) is 10.6. The summed E-state index contributed by atoms with van der Waals surface area (Å²) >= 11 is 5.30. The van der Waals surface area contributed by atoms with Crippen LogP contribution < -0.4 is 22.7 Å². The topological polar surface area (TPSA) is 18.5 Å². The Labute approximate surface area is 163 Å². The number of methoxy groups -OCH3 is 2. The third kappa shape index (κ3) is 5.70. The van der Waals surface area contributed by atoms with Crippen LogP contribution in [0.3, 0.4) is 0 Å². The van der Waals surface area contributed by atoms with Crippen molar-refractivity contribution >= 4 is 37.2 Å². The van der Waals surface area contributed by atoms with Crippen LogP contribution >= 0.6 is 37.2 Å². The van der Waals surface area contributed by atoms with Gasteiger partial charge < -0.3 is 9.47 Å². The van der Waals surface area contributed by atoms with Crippen molar-refractivity contribution in [3.63, 3.8) is 0 Å². The summed E-state index contributed by atoms with van der Waals surface area (Å²) in [7, 11) is 3.37. The summed E-state index contributed by atoms with van der Waals surface area (Å²) in [6.45, 7) is 4.44. The predicted octanol–water partition coefficient (Wildman–Crippen LogP) is 2.81. The first-order valence-corrected chi connectivity index (χ1v) is 19.2. The van der Waals surface area contributed by atoms with Gasteiger partial charge in [0.15, 0.2) is 0 Å². The zero-order chi connectivity index (χ0) is 16.6. The van der Waals surface area contributed by atoms with Crippen LogP contribution in [0.25, 0.3) is 0 Å². The maximum atomic E-state index is 5.20. The second-order valence-electron chi connectivity index (χ2n) is 5.14. The quantitative estimate of drug-likeness (QED) is 0.481. The third-order valence-corrected chi connectivity index (χ3v) is 3.62. The summed E-state index contributed by atoms with van der Waals surface area (Å²) < 4.78 is 10.4. The van der Waals surface area contributed by atoms with E-state index < -0.39 is 0 Å². The molecule has 0 saturated heterocycles. The molecule has 2 rings (SSSR count). The first kappa shape index (κ1) is 20.3. The van der Waals surface area contributed by atoms with Crippen LogP contribution in [-0.4, -0.2) is 14.2 Å². The Balaban J connectivity index is 0.000000745. The molecular formula is C17H20I3O2-. The van der Waals surface area contributed by atoms with Crippen molar-refractivity contribution in [2.75, 3.05) is 14.2 Å². The molecule has 0 fully saturated rings. The van der Waals surface area contributed by atoms with Crippen molar-refractivity contribution in [3.8, 4) is 11.5 Å². The third-order valence-electron chi connectivity index (χ3n) is 3.62. The summed E-state index contributed by atoms with van der Waals surface area (Å²) in [5.41, 5.74) is 2.48. The summed E-state index contributed by atoms with van der Waals surface area (Å²) in [6, 6.07) is 16.5. The minimum absolute atomic E-state index is 0.0431. The van der Waals surface area contributed by atoms with Crippen LogP contribution in [0, 0.1) is 0 Å². The molecule has 0 atom stereocenters. The molecule has 0 aliphatic carbocycles. The van der Waals surface area contributed by atoms with E-state index in [0.29, 0.717) is 13.3 Å². The molecule has 0 aromatic heterocycles. The second-order valence-corrected chi connectivity index (χ2v) is 21.4. The second kappa shape index (κ2) is 10.2. The molecule has 0 N–H and O–H groups in total. The molecule has 0 amide bonds. The van der Waals surface area contributed by atoms with Gasteiger partial charge in [-0.05, 0) is 35.4 Å². The molecule has 0 aliphatic rings. The minimum atomic E-state index is -0.0431. The number of ether oxygens (including phenoxy) is 2. The van der Waals surface area contributed by atoms with Crippen molar-refractivity contribution < 1.29 is 22.7 Å². The molecule has 2 aromatic carbocycles. The number of rotatable bonds is 4. The molecule has 0 heterocycles. The van der Waals surface area contributed by atoms with Crippen molar-refractivity contribution in [1.82, 2.24) is 0 Å². The fourth-order valence-corrected chi connectivity index (χ4v) is 2.18. The molecule has 0 saturated carbocycles. The SMILES string of the molecule is COc1ccc(C(C)(C)c2ccc(OC)cc2)cc1.I[I-]I. The number of benzene rings is 2. The molecule has 0 radical (unpaired) electrons. The van der Waals surface area contributed by atoms with E-state index in [0.717, 1.165) is 11.5 Å². The molecule has 22 heavy (non-hydrogen) atoms. The Bertz CT molecular complexity index is 502. The van der Waals surface area contributed by atoms with Gasteiger partial charge in [0.1, 0.15) is 11.5 Å². The molecule has 2 nitrogen and oxygen atoms in total. The van der Waals surface area contributed by atoms with Gasteiger partial charge >= 0.3 is 50.5 Å². The van der Waals surface area contributed by atoms with Crippen LogP contribution in [0.4, 0.5) is 0 Å². The molecule has 5 heteroatoms. The molecule has 0 unspecified atom stereocenters. The van der Waals surface area contributed by atoms with Crippen LogP contribution in [0.1, 0.15) is 25.0 Å². The summed E-state index contributed by atoms with van der Waals surface area (Å²) in [5, 5.41) is 0. The molecule has 0 aliphatic heterocycles. The summed E-state index contributed by atoms with van der Waals surface area (Å²) in [6.07, 6.45) is 0. The zero-order valence-corrected chi connectivity index (χ0v) is 19.5. The van der Waals surface area contributed by atoms with Gasteiger partial charge in [-0.3, -0.25) is 0 Å². The number of halogens is 3. The molecule has 0 bridgehead atoms. The Morgan fingerprint density at radius 1 is 0.727 bits per heavy atom. The van der Waals surface area contributed by atoms with Gasteiger partial charge in [0.2, 0.25) is 0 Å². The van der Waals surface area contributed by atoms with E-state index in [2.05, 4.69) is 75.3 Å². The van der Waals surface area contributed by atoms with Crippen LogP contribution in [0.5, 0.6) is 11.5 Å². The fraction of sp³-hybridized carbons (Fsp3) is 0.294. The van der Waals surface area contributed by atoms with Crippen LogP contribution in [0.15, 0.2) is 48.5 Å². The maximum absolute atomic E-state index is 5.20. The molecule has 122 valence electrons. The van der Waals surface area contributed by atoms with E-state index in [1.807, 2.05) is 24.3 Å². The first-order valence-electron chi connectivity index (χ1n) is 6.65. The summed E-state index contributed by atoms with van der Waals surface area (Å²) in [5.74, 6) is 1.77. The van der Waals surface area contributed by atoms with E-state index in [1.165, 1.54) is 11.1 Å². The predicted molar refractivity (Wildman–Crippen MR) is 106 cm³/mol. The molecular weight excluding hydrogens is 617 g/mol. The monoisotopic (exact) mass is 637 g/mol. The van der Waals surface area contributed by atoms with Gasteiger partial charge in [-0.15, -0.1) is 0 Å². The van der Waals surface area contributed by atoms with Crippen molar-refractivity contribution in [3.05, 3.63) is 59.7 Å². The van der Waals surface area contributed by atoms with Crippen molar-refractivity contribution in [2.45, 2.75) is 19.3 Å². The van der Waals surface area contributed by atoms with Crippen molar-refractivity contribution in [1.29, 1.82) is 0 Å². The molecule has 0 spiro atoms. The van der Waals surface area contributed by atoms with Crippen LogP contribution in [-0.2, 0) is 5.41 Å². The fourth-order valence-electron chi connectivity index (χ4n) is 2.18.